The van der Waals surface area contributed by atoms with Gasteiger partial charge in [0.15, 0.2) is 4.80 Å². The molecule has 4 aliphatic rings. The smallest absolute Gasteiger partial charge is 0.326 e. The average Bonchev–Trinajstić information content (AvgIpc) is 2.97. The molecule has 0 spiro atoms. The highest BCUT2D eigenvalue weighted by Gasteiger charge is 2.54. The molecular weight excluding hydrogens is 384 g/mol. The number of thiazole rings is 1. The van der Waals surface area contributed by atoms with E-state index < -0.39 is 0 Å². The first kappa shape index (κ1) is 19.0. The molecule has 154 valence electrons. The molecule has 1 amide bonds. The van der Waals surface area contributed by atoms with Crippen molar-refractivity contribution in [3.8, 4) is 0 Å². The van der Waals surface area contributed by atoms with E-state index in [0.717, 1.165) is 35.0 Å². The van der Waals surface area contributed by atoms with Crippen molar-refractivity contribution in [3.05, 3.63) is 28.6 Å². The summed E-state index contributed by atoms with van der Waals surface area (Å²) in [5, 5.41) is 0. The monoisotopic (exact) mass is 412 g/mol. The van der Waals surface area contributed by atoms with Crippen LogP contribution in [0.15, 0.2) is 23.2 Å². The number of nitrogens with zero attached hydrogens (tertiary/aromatic N) is 2. The van der Waals surface area contributed by atoms with Crippen molar-refractivity contribution >= 4 is 33.4 Å². The number of fused-ring (bicyclic) bond motifs is 1. The predicted octanol–water partition coefficient (Wildman–Crippen LogP) is 4.22. The number of rotatable bonds is 4. The molecule has 5 nitrogen and oxygen atoms in total. The Morgan fingerprint density at radius 1 is 1.17 bits per heavy atom. The molecule has 4 saturated carbocycles. The second kappa shape index (κ2) is 7.08. The van der Waals surface area contributed by atoms with E-state index >= 15 is 0 Å². The van der Waals surface area contributed by atoms with Crippen LogP contribution in [0.3, 0.4) is 0 Å². The Labute approximate surface area is 174 Å². The van der Waals surface area contributed by atoms with E-state index in [1.807, 2.05) is 23.6 Å². The van der Waals surface area contributed by atoms with Crippen LogP contribution in [-0.2, 0) is 20.9 Å². The third-order valence-corrected chi connectivity index (χ3v) is 8.16. The van der Waals surface area contributed by atoms with Crippen LogP contribution in [0.4, 0.5) is 0 Å². The van der Waals surface area contributed by atoms with E-state index in [-0.39, 0.29) is 23.8 Å². The van der Waals surface area contributed by atoms with Crippen LogP contribution in [0.5, 0.6) is 0 Å². The summed E-state index contributed by atoms with van der Waals surface area (Å²) in [5.74, 6) is 1.86. The minimum atomic E-state index is -0.295. The first-order valence-electron chi connectivity index (χ1n) is 10.8. The first-order valence-corrected chi connectivity index (χ1v) is 11.6. The van der Waals surface area contributed by atoms with Crippen molar-refractivity contribution in [3.63, 3.8) is 0 Å². The molecular formula is C23H28N2O3S. The van der Waals surface area contributed by atoms with Gasteiger partial charge in [-0.15, -0.1) is 0 Å². The van der Waals surface area contributed by atoms with Gasteiger partial charge in [0.2, 0.25) is 0 Å². The number of benzene rings is 1. The van der Waals surface area contributed by atoms with Gasteiger partial charge < -0.3 is 9.30 Å². The summed E-state index contributed by atoms with van der Waals surface area (Å²) in [4.78, 5) is 31.0. The lowest BCUT2D eigenvalue weighted by Crippen LogP contribution is -2.50. The standard InChI is InChI=1S/C23H28N2O3S/c1-3-28-20(26)13-25-18-5-4-14(2)6-19(18)29-22(25)24-21(27)23-10-15-7-16(11-23)9-17(8-15)12-23/h4-6,15-17H,3,7-13H2,1-2H3. The van der Waals surface area contributed by atoms with Crippen LogP contribution in [0.2, 0.25) is 0 Å². The molecule has 2 aromatic rings. The van der Waals surface area contributed by atoms with Gasteiger partial charge in [0.1, 0.15) is 6.54 Å². The molecule has 4 fully saturated rings. The summed E-state index contributed by atoms with van der Waals surface area (Å²) in [7, 11) is 0. The fourth-order valence-electron chi connectivity index (χ4n) is 6.33. The molecule has 1 heterocycles. The van der Waals surface area contributed by atoms with Crippen molar-refractivity contribution in [2.45, 2.75) is 58.9 Å². The maximum absolute atomic E-state index is 13.5. The summed E-state index contributed by atoms with van der Waals surface area (Å²) in [6.45, 7) is 4.29. The number of hydrogen-bond donors (Lipinski definition) is 0. The Morgan fingerprint density at radius 3 is 2.45 bits per heavy atom. The van der Waals surface area contributed by atoms with Gasteiger partial charge in [0, 0.05) is 0 Å². The average molecular weight is 413 g/mol. The molecule has 1 aromatic heterocycles. The number of carbonyl (C=O) groups is 2. The predicted molar refractivity (Wildman–Crippen MR) is 112 cm³/mol. The number of ether oxygens (including phenoxy) is 1. The van der Waals surface area contributed by atoms with E-state index in [2.05, 4.69) is 11.1 Å². The van der Waals surface area contributed by atoms with Crippen LogP contribution in [-0.4, -0.2) is 23.1 Å². The molecule has 0 atom stereocenters. The van der Waals surface area contributed by atoms with Gasteiger partial charge in [-0.3, -0.25) is 9.59 Å². The topological polar surface area (TPSA) is 60.7 Å². The minimum absolute atomic E-state index is 0.0393. The maximum atomic E-state index is 13.5. The highest BCUT2D eigenvalue weighted by atomic mass is 32.1. The SMILES string of the molecule is CCOC(=O)Cn1c(=NC(=O)C23CC4CC(CC(C4)C2)C3)sc2cc(C)ccc21. The van der Waals surface area contributed by atoms with Crippen molar-refractivity contribution in [2.24, 2.45) is 28.2 Å². The van der Waals surface area contributed by atoms with Gasteiger partial charge in [-0.2, -0.15) is 4.99 Å². The number of aryl methyl sites for hydroxylation is 1. The molecule has 6 rings (SSSR count). The molecule has 0 saturated heterocycles. The highest BCUT2D eigenvalue weighted by Crippen LogP contribution is 2.60. The van der Waals surface area contributed by atoms with E-state index in [1.165, 1.54) is 30.6 Å². The Hall–Kier alpha value is -1.95. The molecule has 0 aliphatic heterocycles. The first-order chi connectivity index (χ1) is 14.0. The summed E-state index contributed by atoms with van der Waals surface area (Å²) >= 11 is 1.50. The van der Waals surface area contributed by atoms with Crippen LogP contribution in [0.25, 0.3) is 10.2 Å². The summed E-state index contributed by atoms with van der Waals surface area (Å²) in [6.07, 6.45) is 6.92. The van der Waals surface area contributed by atoms with Crippen molar-refractivity contribution < 1.29 is 14.3 Å². The Morgan fingerprint density at radius 2 is 1.83 bits per heavy atom. The van der Waals surface area contributed by atoms with Gasteiger partial charge in [-0.05, 0) is 87.8 Å². The Balaban J connectivity index is 1.56. The van der Waals surface area contributed by atoms with E-state index in [4.69, 9.17) is 4.74 Å². The fraction of sp³-hybridized carbons (Fsp3) is 0.609. The second-order valence-electron chi connectivity index (χ2n) is 9.36. The summed E-state index contributed by atoms with van der Waals surface area (Å²) in [6, 6.07) is 6.13. The van der Waals surface area contributed by atoms with E-state index in [9.17, 15) is 9.59 Å². The molecule has 4 aliphatic carbocycles. The zero-order valence-corrected chi connectivity index (χ0v) is 18.0. The molecule has 0 radical (unpaired) electrons. The second-order valence-corrected chi connectivity index (χ2v) is 10.4. The Kier molecular flexibility index (Phi) is 4.65. The van der Waals surface area contributed by atoms with E-state index in [1.54, 1.807) is 6.92 Å². The molecule has 1 aromatic carbocycles. The minimum Gasteiger partial charge on any atom is -0.465 e. The fourth-order valence-corrected chi connectivity index (χ4v) is 7.46. The van der Waals surface area contributed by atoms with Crippen molar-refractivity contribution in [1.29, 1.82) is 0 Å². The molecule has 29 heavy (non-hydrogen) atoms. The van der Waals surface area contributed by atoms with Crippen molar-refractivity contribution in [1.82, 2.24) is 4.57 Å². The third kappa shape index (κ3) is 3.35. The maximum Gasteiger partial charge on any atom is 0.326 e. The number of aromatic nitrogens is 1. The van der Waals surface area contributed by atoms with Crippen molar-refractivity contribution in [2.75, 3.05) is 6.61 Å². The number of hydrogen-bond acceptors (Lipinski definition) is 4. The zero-order valence-electron chi connectivity index (χ0n) is 17.1. The van der Waals surface area contributed by atoms with Crippen LogP contribution < -0.4 is 4.80 Å². The lowest BCUT2D eigenvalue weighted by Gasteiger charge is -2.55. The lowest BCUT2D eigenvalue weighted by molar-refractivity contribution is -0.144. The van der Waals surface area contributed by atoms with Gasteiger partial charge in [0.05, 0.1) is 22.2 Å². The molecule has 0 unspecified atom stereocenters. The van der Waals surface area contributed by atoms with Gasteiger partial charge in [-0.25, -0.2) is 0 Å². The number of amides is 1. The van der Waals surface area contributed by atoms with Crippen LogP contribution in [0.1, 0.15) is 51.0 Å². The molecule has 4 bridgehead atoms. The largest absolute Gasteiger partial charge is 0.465 e. The van der Waals surface area contributed by atoms with Gasteiger partial charge >= 0.3 is 5.97 Å². The normalized spacial score (nSPS) is 30.8. The highest BCUT2D eigenvalue weighted by molar-refractivity contribution is 7.16. The van der Waals surface area contributed by atoms with E-state index in [0.29, 0.717) is 29.2 Å². The molecule has 6 heteroatoms. The van der Waals surface area contributed by atoms with Crippen LogP contribution in [0, 0.1) is 30.1 Å². The van der Waals surface area contributed by atoms with Gasteiger partial charge in [-0.1, -0.05) is 17.4 Å². The number of esters is 1. The quantitative estimate of drug-likeness (QED) is 0.707. The zero-order chi connectivity index (χ0) is 20.2. The lowest BCUT2D eigenvalue weighted by atomic mass is 9.49. The third-order valence-electron chi connectivity index (χ3n) is 7.12. The number of carbonyl (C=O) groups excluding carboxylic acids is 2. The van der Waals surface area contributed by atoms with Gasteiger partial charge in [0.25, 0.3) is 5.91 Å². The summed E-state index contributed by atoms with van der Waals surface area (Å²) in [5.41, 5.74) is 1.83. The Bertz CT molecular complexity index is 1010. The van der Waals surface area contributed by atoms with Crippen LogP contribution >= 0.6 is 11.3 Å². The molecule has 0 N–H and O–H groups in total. The summed E-state index contributed by atoms with van der Waals surface area (Å²) < 4.78 is 8.07.